The van der Waals surface area contributed by atoms with Crippen LogP contribution < -0.4 is 10.6 Å². The Balaban J connectivity index is 1.30. The van der Waals surface area contributed by atoms with Crippen LogP contribution in [-0.2, 0) is 22.6 Å². The average molecular weight is 497 g/mol. The molecule has 0 bridgehead atoms. The first-order valence-electron chi connectivity index (χ1n) is 12.4. The van der Waals surface area contributed by atoms with Crippen molar-refractivity contribution in [3.05, 3.63) is 53.6 Å². The van der Waals surface area contributed by atoms with Gasteiger partial charge in [0, 0.05) is 75.1 Å². The second-order valence-corrected chi connectivity index (χ2v) is 9.95. The number of hydrogen-bond donors (Lipinski definition) is 2. The number of nitrogens with one attached hydrogen (secondary N) is 2. The van der Waals surface area contributed by atoms with E-state index in [1.807, 2.05) is 0 Å². The number of carbonyl (C=O) groups excluding carboxylic acids is 1. The molecule has 9 heteroatoms. The minimum absolute atomic E-state index is 0.0748. The van der Waals surface area contributed by atoms with E-state index in [0.717, 1.165) is 45.4 Å². The number of carbonyl (C=O) groups is 1. The SMILES string of the molecule is COCCCn1cc(CN(C(=O)C2CNCC(Nc3cc(Cl)ncn3)C2)C2CC2)c2ccccc21. The third-order valence-electron chi connectivity index (χ3n) is 6.92. The summed E-state index contributed by atoms with van der Waals surface area (Å²) >= 11 is 6.01. The molecule has 5 rings (SSSR count). The van der Waals surface area contributed by atoms with E-state index < -0.39 is 0 Å². The van der Waals surface area contributed by atoms with E-state index in [4.69, 9.17) is 16.3 Å². The molecule has 2 aromatic heterocycles. The minimum atomic E-state index is -0.0748. The standard InChI is InChI=1S/C26H33ClN6O2/c1-35-10-4-9-32-15-19(22-5-2-3-6-23(22)32)16-33(21-7-8-21)26(34)18-11-20(14-28-13-18)31-25-12-24(27)29-17-30-25/h2-3,5-6,12,15,17-18,20-21,28H,4,7-11,13-14,16H2,1H3,(H,29,30,31). The average Bonchev–Trinajstić information content (AvgIpc) is 3.65. The van der Waals surface area contributed by atoms with Crippen LogP contribution in [0.2, 0.25) is 5.15 Å². The molecule has 186 valence electrons. The molecule has 0 spiro atoms. The second-order valence-electron chi connectivity index (χ2n) is 9.57. The lowest BCUT2D eigenvalue weighted by Gasteiger charge is -2.34. The van der Waals surface area contributed by atoms with Gasteiger partial charge in [0.2, 0.25) is 5.91 Å². The predicted molar refractivity (Wildman–Crippen MR) is 137 cm³/mol. The first-order chi connectivity index (χ1) is 17.1. The normalized spacial score (nSPS) is 20.2. The van der Waals surface area contributed by atoms with E-state index in [0.29, 0.717) is 30.1 Å². The number of nitrogens with zero attached hydrogens (tertiary/aromatic N) is 4. The fraction of sp³-hybridized carbons (Fsp3) is 0.500. The van der Waals surface area contributed by atoms with Crippen LogP contribution in [0.15, 0.2) is 42.9 Å². The Kier molecular flexibility index (Phi) is 7.51. The van der Waals surface area contributed by atoms with Crippen molar-refractivity contribution >= 4 is 34.2 Å². The topological polar surface area (TPSA) is 84.3 Å². The van der Waals surface area contributed by atoms with Crippen molar-refractivity contribution in [1.82, 2.24) is 24.8 Å². The maximum absolute atomic E-state index is 13.8. The monoisotopic (exact) mass is 496 g/mol. The molecule has 3 heterocycles. The summed E-state index contributed by atoms with van der Waals surface area (Å²) in [4.78, 5) is 24.1. The highest BCUT2D eigenvalue weighted by Crippen LogP contribution is 2.33. The Bertz CT molecular complexity index is 1160. The van der Waals surface area contributed by atoms with E-state index in [1.165, 1.54) is 22.8 Å². The van der Waals surface area contributed by atoms with Crippen LogP contribution >= 0.6 is 11.6 Å². The first kappa shape index (κ1) is 24.0. The molecule has 1 saturated heterocycles. The van der Waals surface area contributed by atoms with Crippen LogP contribution in [0.1, 0.15) is 31.2 Å². The molecule has 1 aliphatic carbocycles. The summed E-state index contributed by atoms with van der Waals surface area (Å²) < 4.78 is 7.55. The van der Waals surface area contributed by atoms with E-state index in [9.17, 15) is 4.79 Å². The van der Waals surface area contributed by atoms with Crippen molar-refractivity contribution in [3.8, 4) is 0 Å². The van der Waals surface area contributed by atoms with Crippen molar-refractivity contribution in [1.29, 1.82) is 0 Å². The summed E-state index contributed by atoms with van der Waals surface area (Å²) in [6.07, 6.45) is 7.56. The molecule has 3 aromatic rings. The molecule has 2 unspecified atom stereocenters. The van der Waals surface area contributed by atoms with Gasteiger partial charge in [-0.25, -0.2) is 9.97 Å². The van der Waals surface area contributed by atoms with Crippen molar-refractivity contribution in [2.24, 2.45) is 5.92 Å². The van der Waals surface area contributed by atoms with Gasteiger partial charge in [-0.2, -0.15) is 0 Å². The lowest BCUT2D eigenvalue weighted by atomic mass is 9.94. The molecule has 2 fully saturated rings. The Morgan fingerprint density at radius 2 is 2.14 bits per heavy atom. The zero-order chi connectivity index (χ0) is 24.2. The molecule has 2 N–H and O–H groups in total. The molecule has 2 atom stereocenters. The van der Waals surface area contributed by atoms with Crippen LogP contribution in [0.4, 0.5) is 5.82 Å². The van der Waals surface area contributed by atoms with Crippen LogP contribution in [-0.4, -0.2) is 64.2 Å². The molecule has 2 aliphatic rings. The van der Waals surface area contributed by atoms with Gasteiger partial charge in [0.15, 0.2) is 0 Å². The van der Waals surface area contributed by atoms with E-state index in [1.54, 1.807) is 13.2 Å². The largest absolute Gasteiger partial charge is 0.385 e. The zero-order valence-corrected chi connectivity index (χ0v) is 20.9. The van der Waals surface area contributed by atoms with Gasteiger partial charge in [0.25, 0.3) is 0 Å². The van der Waals surface area contributed by atoms with E-state index in [2.05, 4.69) is 60.5 Å². The van der Waals surface area contributed by atoms with Crippen molar-refractivity contribution in [2.75, 3.05) is 32.1 Å². The summed E-state index contributed by atoms with van der Waals surface area (Å²) in [7, 11) is 1.74. The highest BCUT2D eigenvalue weighted by Gasteiger charge is 2.38. The van der Waals surface area contributed by atoms with Crippen LogP contribution in [0.25, 0.3) is 10.9 Å². The quantitative estimate of drug-likeness (QED) is 0.329. The number of para-hydroxylation sites is 1. The Morgan fingerprint density at radius 1 is 1.29 bits per heavy atom. The molecule has 1 aliphatic heterocycles. The number of piperidine rings is 1. The lowest BCUT2D eigenvalue weighted by molar-refractivity contribution is -0.137. The summed E-state index contributed by atoms with van der Waals surface area (Å²) in [6.45, 7) is 3.77. The van der Waals surface area contributed by atoms with Gasteiger partial charge in [-0.15, -0.1) is 0 Å². The van der Waals surface area contributed by atoms with Crippen molar-refractivity contribution in [3.63, 3.8) is 0 Å². The van der Waals surface area contributed by atoms with Crippen LogP contribution in [0.3, 0.4) is 0 Å². The fourth-order valence-corrected chi connectivity index (χ4v) is 5.21. The Morgan fingerprint density at radius 3 is 2.94 bits per heavy atom. The fourth-order valence-electron chi connectivity index (χ4n) is 5.07. The number of benzene rings is 1. The zero-order valence-electron chi connectivity index (χ0n) is 20.1. The number of anilines is 1. The number of hydrogen-bond acceptors (Lipinski definition) is 6. The van der Waals surface area contributed by atoms with Crippen LogP contribution in [0.5, 0.6) is 0 Å². The van der Waals surface area contributed by atoms with Gasteiger partial charge in [0.05, 0.1) is 5.92 Å². The molecule has 8 nitrogen and oxygen atoms in total. The smallest absolute Gasteiger partial charge is 0.227 e. The molecule has 0 radical (unpaired) electrons. The van der Waals surface area contributed by atoms with Gasteiger partial charge in [-0.3, -0.25) is 4.79 Å². The third kappa shape index (κ3) is 5.77. The van der Waals surface area contributed by atoms with E-state index >= 15 is 0 Å². The highest BCUT2D eigenvalue weighted by molar-refractivity contribution is 6.29. The number of methoxy groups -OCH3 is 1. The molecule has 1 aromatic carbocycles. The molecule has 1 saturated carbocycles. The van der Waals surface area contributed by atoms with Gasteiger partial charge in [0.1, 0.15) is 17.3 Å². The summed E-state index contributed by atoms with van der Waals surface area (Å²) in [6, 6.07) is 10.6. The Hall–Kier alpha value is -2.68. The van der Waals surface area contributed by atoms with Crippen molar-refractivity contribution in [2.45, 2.75) is 50.9 Å². The number of fused-ring (bicyclic) bond motifs is 1. The number of rotatable bonds is 10. The van der Waals surface area contributed by atoms with Crippen molar-refractivity contribution < 1.29 is 9.53 Å². The third-order valence-corrected chi connectivity index (χ3v) is 7.12. The predicted octanol–water partition coefficient (Wildman–Crippen LogP) is 3.70. The molecular formula is C26H33ClN6O2. The van der Waals surface area contributed by atoms with Gasteiger partial charge >= 0.3 is 0 Å². The number of aryl methyl sites for hydroxylation is 1. The number of ether oxygens (including phenoxy) is 1. The van der Waals surface area contributed by atoms with Gasteiger partial charge in [-0.05, 0) is 37.3 Å². The van der Waals surface area contributed by atoms with Crippen LogP contribution in [0, 0.1) is 5.92 Å². The highest BCUT2D eigenvalue weighted by atomic mass is 35.5. The number of aromatic nitrogens is 3. The molecular weight excluding hydrogens is 464 g/mol. The van der Waals surface area contributed by atoms with Gasteiger partial charge < -0.3 is 24.8 Å². The maximum atomic E-state index is 13.8. The summed E-state index contributed by atoms with van der Waals surface area (Å²) in [5.41, 5.74) is 2.43. The minimum Gasteiger partial charge on any atom is -0.385 e. The summed E-state index contributed by atoms with van der Waals surface area (Å²) in [5.74, 6) is 0.850. The second kappa shape index (κ2) is 10.9. The Labute approximate surface area is 211 Å². The van der Waals surface area contributed by atoms with E-state index in [-0.39, 0.29) is 17.9 Å². The lowest BCUT2D eigenvalue weighted by Crippen LogP contribution is -2.49. The first-order valence-corrected chi connectivity index (χ1v) is 12.8. The number of amides is 1. The molecule has 1 amide bonds. The van der Waals surface area contributed by atoms with Gasteiger partial charge in [-0.1, -0.05) is 29.8 Å². The number of halogens is 1. The maximum Gasteiger partial charge on any atom is 0.227 e. The summed E-state index contributed by atoms with van der Waals surface area (Å²) in [5, 5.41) is 8.48. The molecule has 35 heavy (non-hydrogen) atoms.